The van der Waals surface area contributed by atoms with Crippen LogP contribution in [0.1, 0.15) is 47.3 Å². The molecule has 0 atom stereocenters. The van der Waals surface area contributed by atoms with Gasteiger partial charge in [-0.2, -0.15) is 4.98 Å². The molecule has 0 aliphatic carbocycles. The number of hydrogen-bond donors (Lipinski definition) is 3. The number of carbonyl (C=O) groups excluding carboxylic acids is 2. The van der Waals surface area contributed by atoms with Crippen LogP contribution in [0.3, 0.4) is 0 Å². The Kier molecular flexibility index (Phi) is 10.4. The summed E-state index contributed by atoms with van der Waals surface area (Å²) in [5.74, 6) is -0.0338. The van der Waals surface area contributed by atoms with Gasteiger partial charge in [0, 0.05) is 56.2 Å². The van der Waals surface area contributed by atoms with Crippen LogP contribution in [0.15, 0.2) is 66.9 Å². The van der Waals surface area contributed by atoms with Gasteiger partial charge in [-0.3, -0.25) is 14.5 Å². The van der Waals surface area contributed by atoms with Crippen LogP contribution in [-0.4, -0.2) is 58.9 Å². The normalized spacial score (nSPS) is 13.5. The first-order valence-corrected chi connectivity index (χ1v) is 15.8. The predicted molar refractivity (Wildman–Crippen MR) is 184 cm³/mol. The summed E-state index contributed by atoms with van der Waals surface area (Å²) in [5, 5.41) is 6.82. The van der Waals surface area contributed by atoms with Crippen molar-refractivity contribution in [3.63, 3.8) is 0 Å². The quantitative estimate of drug-likeness (QED) is 0.170. The van der Waals surface area contributed by atoms with Crippen molar-refractivity contribution in [2.75, 3.05) is 41.7 Å². The number of aryl methyl sites for hydroxylation is 3. The smallest absolute Gasteiger partial charge is 0.262 e. The number of piperazine rings is 1. The van der Waals surface area contributed by atoms with E-state index in [0.717, 1.165) is 54.2 Å². The molecule has 1 fully saturated rings. The third-order valence-electron chi connectivity index (χ3n) is 8.08. The molecule has 46 heavy (non-hydrogen) atoms. The molecule has 3 aromatic carbocycles. The molecule has 0 radical (unpaired) electrons. The number of hydrogen-bond acceptors (Lipinski definition) is 8. The van der Waals surface area contributed by atoms with E-state index in [1.807, 2.05) is 62.4 Å². The molecule has 10 nitrogen and oxygen atoms in total. The highest BCUT2D eigenvalue weighted by Gasteiger charge is 2.22. The van der Waals surface area contributed by atoms with Crippen molar-refractivity contribution in [2.24, 2.45) is 5.73 Å². The third kappa shape index (κ3) is 8.13. The summed E-state index contributed by atoms with van der Waals surface area (Å²) in [6, 6.07) is 19.4. The van der Waals surface area contributed by atoms with Gasteiger partial charge in [0.1, 0.15) is 11.3 Å². The number of anilines is 4. The molecule has 4 aromatic rings. The fraction of sp³-hybridized carbons (Fsp3) is 0.314. The number of amides is 2. The van der Waals surface area contributed by atoms with Crippen LogP contribution in [0.4, 0.5) is 23.0 Å². The van der Waals surface area contributed by atoms with Gasteiger partial charge in [-0.25, -0.2) is 4.98 Å². The number of aromatic nitrogens is 2. The Morgan fingerprint density at radius 1 is 1.00 bits per heavy atom. The summed E-state index contributed by atoms with van der Waals surface area (Å²) < 4.78 is 6.20. The van der Waals surface area contributed by atoms with Gasteiger partial charge in [0.2, 0.25) is 17.7 Å². The molecule has 2 amide bonds. The molecule has 1 saturated heterocycles. The summed E-state index contributed by atoms with van der Waals surface area (Å²) in [5.41, 5.74) is 10.6. The van der Waals surface area contributed by atoms with Gasteiger partial charge in [-0.1, -0.05) is 41.9 Å². The Morgan fingerprint density at radius 2 is 1.72 bits per heavy atom. The summed E-state index contributed by atoms with van der Waals surface area (Å²) >= 11 is 6.75. The number of nitrogens with one attached hydrogen (secondary N) is 2. The van der Waals surface area contributed by atoms with E-state index in [1.165, 1.54) is 6.20 Å². The number of rotatable bonds is 11. The highest BCUT2D eigenvalue weighted by Crippen LogP contribution is 2.32. The van der Waals surface area contributed by atoms with E-state index in [4.69, 9.17) is 22.1 Å². The Labute approximate surface area is 274 Å². The topological polar surface area (TPSA) is 126 Å². The van der Waals surface area contributed by atoms with Gasteiger partial charge in [0.15, 0.2) is 0 Å². The van der Waals surface area contributed by atoms with Gasteiger partial charge in [0.25, 0.3) is 5.91 Å². The maximum absolute atomic E-state index is 13.6. The predicted octanol–water partition coefficient (Wildman–Crippen LogP) is 6.48. The number of para-hydroxylation sites is 1. The molecule has 1 aromatic heterocycles. The number of carbonyl (C=O) groups is 2. The van der Waals surface area contributed by atoms with E-state index in [2.05, 4.69) is 44.2 Å². The van der Waals surface area contributed by atoms with Gasteiger partial charge >= 0.3 is 0 Å². The largest absolute Gasteiger partial charge is 0.438 e. The average molecular weight is 642 g/mol. The van der Waals surface area contributed by atoms with Gasteiger partial charge in [-0.15, -0.1) is 0 Å². The van der Waals surface area contributed by atoms with Crippen molar-refractivity contribution in [3.05, 3.63) is 94.1 Å². The number of halogens is 1. The molecule has 11 heteroatoms. The molecule has 1 aliphatic rings. The minimum Gasteiger partial charge on any atom is -0.438 e. The van der Waals surface area contributed by atoms with Crippen LogP contribution in [-0.2, 0) is 11.2 Å². The summed E-state index contributed by atoms with van der Waals surface area (Å²) in [6.07, 6.45) is 2.12. The van der Waals surface area contributed by atoms with Crippen LogP contribution in [0.25, 0.3) is 0 Å². The second-order valence-corrected chi connectivity index (χ2v) is 12.2. The Balaban J connectivity index is 1.40. The van der Waals surface area contributed by atoms with E-state index >= 15 is 0 Å². The zero-order valence-electron chi connectivity index (χ0n) is 26.6. The lowest BCUT2D eigenvalue weighted by Crippen LogP contribution is -2.49. The summed E-state index contributed by atoms with van der Waals surface area (Å²) in [4.78, 5) is 38.7. The SMILES string of the molecule is Cc1cccc(C)c1NC(=O)c1cnc(Nc2ccc(N3CCN(C(C)C)CC3)c(Cl)c2)nc1Oc1cccc(CCC(N)=O)c1. The van der Waals surface area contributed by atoms with Crippen LogP contribution in [0.2, 0.25) is 5.02 Å². The molecular formula is C35H40ClN7O3. The highest BCUT2D eigenvalue weighted by molar-refractivity contribution is 6.33. The first-order valence-electron chi connectivity index (χ1n) is 15.4. The van der Waals surface area contributed by atoms with Crippen molar-refractivity contribution in [1.82, 2.24) is 14.9 Å². The summed E-state index contributed by atoms with van der Waals surface area (Å²) in [7, 11) is 0. The van der Waals surface area contributed by atoms with Crippen LogP contribution in [0, 0.1) is 13.8 Å². The van der Waals surface area contributed by atoms with Crippen LogP contribution < -0.4 is 26.0 Å². The van der Waals surface area contributed by atoms with E-state index in [9.17, 15) is 9.59 Å². The maximum Gasteiger partial charge on any atom is 0.262 e. The van der Waals surface area contributed by atoms with Crippen LogP contribution >= 0.6 is 11.6 Å². The maximum atomic E-state index is 13.6. The minimum atomic E-state index is -0.409. The Morgan fingerprint density at radius 3 is 2.39 bits per heavy atom. The van der Waals surface area contributed by atoms with Gasteiger partial charge in [-0.05, 0) is 81.1 Å². The van der Waals surface area contributed by atoms with E-state index in [-0.39, 0.29) is 29.7 Å². The molecule has 0 spiro atoms. The second-order valence-electron chi connectivity index (χ2n) is 11.8. The first-order chi connectivity index (χ1) is 22.1. The lowest BCUT2D eigenvalue weighted by Gasteiger charge is -2.38. The van der Waals surface area contributed by atoms with Crippen molar-refractivity contribution in [2.45, 2.75) is 46.6 Å². The standard InChI is InChI=1S/C35H40ClN7O3/c1-22(2)42-15-17-43(18-16-42)30-13-12-26(20-29(30)36)39-35-38-21-28(33(45)40-32-23(3)7-5-8-24(32)4)34(41-35)46-27-10-6-9-25(19-27)11-14-31(37)44/h5-10,12-13,19-22H,11,14-18H2,1-4H3,(H2,37,44)(H,40,45)(H,38,39,41). The number of benzene rings is 3. The fourth-order valence-electron chi connectivity index (χ4n) is 5.45. The van der Waals surface area contributed by atoms with E-state index in [1.54, 1.807) is 12.1 Å². The zero-order valence-corrected chi connectivity index (χ0v) is 27.4. The van der Waals surface area contributed by atoms with Crippen molar-refractivity contribution < 1.29 is 14.3 Å². The van der Waals surface area contributed by atoms with Gasteiger partial charge in [0.05, 0.1) is 10.7 Å². The number of ether oxygens (including phenoxy) is 1. The molecule has 0 unspecified atom stereocenters. The fourth-order valence-corrected chi connectivity index (χ4v) is 5.75. The molecule has 4 N–H and O–H groups in total. The molecular weight excluding hydrogens is 602 g/mol. The monoisotopic (exact) mass is 641 g/mol. The van der Waals surface area contributed by atoms with Crippen molar-refractivity contribution >= 4 is 46.4 Å². The molecule has 5 rings (SSSR count). The lowest BCUT2D eigenvalue weighted by molar-refractivity contribution is -0.118. The number of nitrogens with two attached hydrogens (primary N) is 1. The van der Waals surface area contributed by atoms with Crippen molar-refractivity contribution in [1.29, 1.82) is 0 Å². The average Bonchev–Trinajstić information content (AvgIpc) is 3.02. The third-order valence-corrected chi connectivity index (χ3v) is 8.38. The van der Waals surface area contributed by atoms with Crippen molar-refractivity contribution in [3.8, 4) is 11.6 Å². The number of nitrogens with zero attached hydrogens (tertiary/aromatic N) is 4. The second kappa shape index (κ2) is 14.6. The summed E-state index contributed by atoms with van der Waals surface area (Å²) in [6.45, 7) is 12.1. The Bertz CT molecular complexity index is 1700. The minimum absolute atomic E-state index is 0.0685. The Hall–Kier alpha value is -4.67. The molecule has 240 valence electrons. The lowest BCUT2D eigenvalue weighted by atomic mass is 10.1. The highest BCUT2D eigenvalue weighted by atomic mass is 35.5. The van der Waals surface area contributed by atoms with E-state index < -0.39 is 5.91 Å². The number of primary amides is 1. The van der Waals surface area contributed by atoms with Gasteiger partial charge < -0.3 is 26.0 Å². The van der Waals surface area contributed by atoms with Crippen LogP contribution in [0.5, 0.6) is 11.6 Å². The first kappa shape index (κ1) is 32.7. The molecule has 0 saturated carbocycles. The zero-order chi connectivity index (χ0) is 32.8. The van der Waals surface area contributed by atoms with E-state index in [0.29, 0.717) is 28.9 Å². The molecule has 2 heterocycles. The molecule has 0 bridgehead atoms. The molecule has 1 aliphatic heterocycles.